The summed E-state index contributed by atoms with van der Waals surface area (Å²) in [5, 5.41) is 18.8. The van der Waals surface area contributed by atoms with E-state index >= 15 is 0 Å². The zero-order valence-corrected chi connectivity index (χ0v) is 10.4. The van der Waals surface area contributed by atoms with Gasteiger partial charge in [-0.15, -0.1) is 0 Å². The zero-order chi connectivity index (χ0) is 13.0. The summed E-state index contributed by atoms with van der Waals surface area (Å²) in [4.78, 5) is 0. The van der Waals surface area contributed by atoms with E-state index in [-0.39, 0.29) is 6.10 Å². The molecule has 0 aliphatic heterocycles. The Kier molecular flexibility index (Phi) is 4.06. The van der Waals surface area contributed by atoms with E-state index in [1.165, 1.54) is 0 Å². The van der Waals surface area contributed by atoms with Gasteiger partial charge in [-0.1, -0.05) is 6.42 Å². The number of rotatable bonds is 3. The summed E-state index contributed by atoms with van der Waals surface area (Å²) in [7, 11) is 1.55. The number of aliphatic hydroxyl groups excluding tert-OH is 1. The number of nitriles is 1. The molecular weight excluding hydrogens is 230 g/mol. The van der Waals surface area contributed by atoms with Crippen molar-refractivity contribution in [2.45, 2.75) is 37.9 Å². The molecule has 1 aromatic carbocycles. The first-order valence-corrected chi connectivity index (χ1v) is 6.17. The van der Waals surface area contributed by atoms with Gasteiger partial charge in [0.1, 0.15) is 17.6 Å². The fourth-order valence-electron chi connectivity index (χ4n) is 2.21. The Hall–Kier alpha value is -1.73. The molecule has 18 heavy (non-hydrogen) atoms. The van der Waals surface area contributed by atoms with E-state index in [1.807, 2.05) is 0 Å². The molecule has 2 atom stereocenters. The van der Waals surface area contributed by atoms with Gasteiger partial charge in [-0.25, -0.2) is 0 Å². The van der Waals surface area contributed by atoms with E-state index in [2.05, 4.69) is 6.07 Å². The second kappa shape index (κ2) is 5.74. The van der Waals surface area contributed by atoms with Crippen LogP contribution in [0.2, 0.25) is 0 Å². The summed E-state index contributed by atoms with van der Waals surface area (Å²) in [6, 6.07) is 7.13. The first-order chi connectivity index (χ1) is 8.72. The third-order valence-electron chi connectivity index (χ3n) is 3.20. The van der Waals surface area contributed by atoms with Crippen molar-refractivity contribution in [3.05, 3.63) is 23.8 Å². The molecule has 1 N–H and O–H groups in total. The van der Waals surface area contributed by atoms with Crippen LogP contribution >= 0.6 is 0 Å². The molecule has 4 nitrogen and oxygen atoms in total. The Morgan fingerprint density at radius 2 is 1.94 bits per heavy atom. The molecule has 0 radical (unpaired) electrons. The van der Waals surface area contributed by atoms with Crippen molar-refractivity contribution in [1.29, 1.82) is 5.26 Å². The molecule has 1 aromatic rings. The predicted molar refractivity (Wildman–Crippen MR) is 66.6 cm³/mol. The van der Waals surface area contributed by atoms with Gasteiger partial charge in [-0.2, -0.15) is 5.26 Å². The number of ether oxygens (including phenoxy) is 2. The maximum atomic E-state index is 9.86. The summed E-state index contributed by atoms with van der Waals surface area (Å²) in [6.45, 7) is 0. The van der Waals surface area contributed by atoms with E-state index in [1.54, 1.807) is 25.3 Å². The Morgan fingerprint density at radius 3 is 2.61 bits per heavy atom. The van der Waals surface area contributed by atoms with Crippen LogP contribution < -0.4 is 9.47 Å². The van der Waals surface area contributed by atoms with Crippen molar-refractivity contribution in [2.75, 3.05) is 7.11 Å². The van der Waals surface area contributed by atoms with Gasteiger partial charge in [0.05, 0.1) is 24.8 Å². The van der Waals surface area contributed by atoms with E-state index in [9.17, 15) is 5.11 Å². The molecule has 0 bridgehead atoms. The number of benzene rings is 1. The van der Waals surface area contributed by atoms with Crippen molar-refractivity contribution >= 4 is 0 Å². The maximum absolute atomic E-state index is 9.86. The summed E-state index contributed by atoms with van der Waals surface area (Å²) in [5.74, 6) is 1.17. The molecule has 0 unspecified atom stereocenters. The topological polar surface area (TPSA) is 62.5 Å². The molecule has 0 saturated heterocycles. The van der Waals surface area contributed by atoms with Gasteiger partial charge in [-0.3, -0.25) is 0 Å². The minimum absolute atomic E-state index is 0.183. The maximum Gasteiger partial charge on any atom is 0.124 e. The molecule has 1 fully saturated rings. The van der Waals surface area contributed by atoms with Gasteiger partial charge in [-0.05, 0) is 31.4 Å². The van der Waals surface area contributed by atoms with E-state index < -0.39 is 6.10 Å². The fourth-order valence-corrected chi connectivity index (χ4v) is 2.21. The first-order valence-electron chi connectivity index (χ1n) is 6.17. The van der Waals surface area contributed by atoms with Crippen LogP contribution in [-0.4, -0.2) is 24.4 Å². The fraction of sp³-hybridized carbons (Fsp3) is 0.500. The van der Waals surface area contributed by atoms with Crippen molar-refractivity contribution in [3.8, 4) is 17.6 Å². The monoisotopic (exact) mass is 247 g/mol. The van der Waals surface area contributed by atoms with Crippen LogP contribution in [0.1, 0.15) is 31.2 Å². The van der Waals surface area contributed by atoms with Crippen LogP contribution in [0.15, 0.2) is 18.2 Å². The second-order valence-corrected chi connectivity index (χ2v) is 4.52. The van der Waals surface area contributed by atoms with Gasteiger partial charge in [0.25, 0.3) is 0 Å². The second-order valence-electron chi connectivity index (χ2n) is 4.52. The summed E-state index contributed by atoms with van der Waals surface area (Å²) in [6.07, 6.45) is 3.13. The van der Waals surface area contributed by atoms with Gasteiger partial charge >= 0.3 is 0 Å². The highest BCUT2D eigenvalue weighted by molar-refractivity contribution is 5.43. The lowest BCUT2D eigenvalue weighted by Gasteiger charge is -2.28. The lowest BCUT2D eigenvalue weighted by Crippen LogP contribution is -2.34. The van der Waals surface area contributed by atoms with Gasteiger partial charge < -0.3 is 14.6 Å². The van der Waals surface area contributed by atoms with Crippen molar-refractivity contribution in [2.24, 2.45) is 0 Å². The van der Waals surface area contributed by atoms with Gasteiger partial charge in [0, 0.05) is 6.07 Å². The highest BCUT2D eigenvalue weighted by Gasteiger charge is 2.24. The minimum atomic E-state index is -0.421. The minimum Gasteiger partial charge on any atom is -0.497 e. The van der Waals surface area contributed by atoms with Crippen molar-refractivity contribution < 1.29 is 14.6 Å². The molecule has 0 heterocycles. The predicted octanol–water partition coefficient (Wildman–Crippen LogP) is 2.25. The molecule has 1 aliphatic rings. The Bertz CT molecular complexity index is 453. The number of methoxy groups -OCH3 is 1. The highest BCUT2D eigenvalue weighted by Crippen LogP contribution is 2.27. The molecule has 96 valence electrons. The third-order valence-corrected chi connectivity index (χ3v) is 3.20. The zero-order valence-electron chi connectivity index (χ0n) is 10.4. The number of nitrogens with zero attached hydrogens (tertiary/aromatic N) is 1. The molecule has 2 rings (SSSR count). The van der Waals surface area contributed by atoms with E-state index in [0.717, 1.165) is 25.7 Å². The summed E-state index contributed by atoms with van der Waals surface area (Å²) in [5.41, 5.74) is 0.495. The van der Waals surface area contributed by atoms with E-state index in [4.69, 9.17) is 14.7 Å². The number of hydrogen-bond donors (Lipinski definition) is 1. The van der Waals surface area contributed by atoms with E-state index in [0.29, 0.717) is 17.1 Å². The number of hydrogen-bond acceptors (Lipinski definition) is 4. The van der Waals surface area contributed by atoms with Crippen LogP contribution in [-0.2, 0) is 0 Å². The standard InChI is InChI=1S/C14H17NO3/c1-17-11-6-10(9-15)7-12(8-11)18-14-5-3-2-4-13(14)16/h6-8,13-14,16H,2-5H2,1H3/t13-,14-/m1/s1. The van der Waals surface area contributed by atoms with Crippen LogP contribution in [0.4, 0.5) is 0 Å². The Morgan fingerprint density at radius 1 is 1.22 bits per heavy atom. The van der Waals surface area contributed by atoms with Crippen LogP contribution in [0.3, 0.4) is 0 Å². The Balaban J connectivity index is 2.15. The lowest BCUT2D eigenvalue weighted by molar-refractivity contribution is 0.00677. The molecule has 4 heteroatoms. The lowest BCUT2D eigenvalue weighted by atomic mass is 9.95. The quantitative estimate of drug-likeness (QED) is 0.889. The highest BCUT2D eigenvalue weighted by atomic mass is 16.5. The number of aliphatic hydroxyl groups is 1. The van der Waals surface area contributed by atoms with Crippen LogP contribution in [0.25, 0.3) is 0 Å². The molecule has 1 aliphatic carbocycles. The smallest absolute Gasteiger partial charge is 0.124 e. The van der Waals surface area contributed by atoms with Crippen LogP contribution in [0, 0.1) is 11.3 Å². The average molecular weight is 247 g/mol. The van der Waals surface area contributed by atoms with Crippen molar-refractivity contribution in [1.82, 2.24) is 0 Å². The van der Waals surface area contributed by atoms with Gasteiger partial charge in [0.15, 0.2) is 0 Å². The third kappa shape index (κ3) is 2.93. The van der Waals surface area contributed by atoms with Crippen LogP contribution in [0.5, 0.6) is 11.5 Å². The van der Waals surface area contributed by atoms with Gasteiger partial charge in [0.2, 0.25) is 0 Å². The molecule has 0 aromatic heterocycles. The van der Waals surface area contributed by atoms with Crippen molar-refractivity contribution in [3.63, 3.8) is 0 Å². The Labute approximate surface area is 107 Å². The molecule has 0 spiro atoms. The average Bonchev–Trinajstić information content (AvgIpc) is 2.41. The largest absolute Gasteiger partial charge is 0.497 e. The molecule has 0 amide bonds. The molecule has 1 saturated carbocycles. The summed E-state index contributed by atoms with van der Waals surface area (Å²) >= 11 is 0. The first kappa shape index (κ1) is 12.7. The summed E-state index contributed by atoms with van der Waals surface area (Å²) < 4.78 is 10.9. The SMILES string of the molecule is COc1cc(C#N)cc(O[C@@H]2CCCC[C@H]2O)c1. The normalized spacial score (nSPS) is 23.2. The molecular formula is C14H17NO3.